The fraction of sp³-hybridized carbons (Fsp3) is 0.538. The van der Waals surface area contributed by atoms with Crippen molar-refractivity contribution in [3.05, 3.63) is 35.0 Å². The molecule has 2 aromatic rings. The van der Waals surface area contributed by atoms with Crippen LogP contribution >= 0.6 is 8.03 Å². The third-order valence-corrected chi connectivity index (χ3v) is 5.09. The van der Waals surface area contributed by atoms with E-state index in [-0.39, 0.29) is 30.2 Å². The van der Waals surface area contributed by atoms with Gasteiger partial charge in [-0.25, -0.2) is 4.98 Å². The van der Waals surface area contributed by atoms with Crippen LogP contribution in [0.3, 0.4) is 0 Å². The predicted octanol–water partition coefficient (Wildman–Crippen LogP) is 0.105. The zero-order valence-corrected chi connectivity index (χ0v) is 13.0. The topological polar surface area (TPSA) is 106 Å². The Balaban J connectivity index is 2.07. The fourth-order valence-corrected chi connectivity index (χ4v) is 4.03. The Morgan fingerprint density at radius 2 is 2.23 bits per heavy atom. The van der Waals surface area contributed by atoms with Gasteiger partial charge < -0.3 is 14.7 Å². The van der Waals surface area contributed by atoms with Crippen molar-refractivity contribution in [1.29, 1.82) is 0 Å². The molecule has 22 heavy (non-hydrogen) atoms. The summed E-state index contributed by atoms with van der Waals surface area (Å²) in [6.07, 6.45) is 3.79. The van der Waals surface area contributed by atoms with E-state index >= 15 is 0 Å². The molecule has 120 valence electrons. The van der Waals surface area contributed by atoms with Gasteiger partial charge in [-0.05, 0) is 5.92 Å². The van der Waals surface area contributed by atoms with E-state index in [1.54, 1.807) is 17.0 Å². The first-order valence-corrected chi connectivity index (χ1v) is 8.61. The Kier molecular flexibility index (Phi) is 4.18. The normalized spacial score (nSPS) is 30.0. The highest BCUT2D eigenvalue weighted by Crippen LogP contribution is 2.42. The molecule has 3 rings (SSSR count). The maximum Gasteiger partial charge on any atom is 0.258 e. The molecule has 0 aromatic carbocycles. The monoisotopic (exact) mass is 327 g/mol. The van der Waals surface area contributed by atoms with Gasteiger partial charge in [0.2, 0.25) is 5.78 Å². The van der Waals surface area contributed by atoms with Crippen molar-refractivity contribution >= 4 is 13.8 Å². The van der Waals surface area contributed by atoms with Crippen molar-refractivity contribution in [2.75, 3.05) is 12.8 Å². The predicted molar refractivity (Wildman–Crippen MR) is 79.2 cm³/mol. The molecule has 1 aliphatic heterocycles. The minimum absolute atomic E-state index is 0.0782. The zero-order valence-electron chi connectivity index (χ0n) is 12.0. The molecule has 2 aromatic heterocycles. The summed E-state index contributed by atoms with van der Waals surface area (Å²) in [5, 5.41) is 9.43. The first-order valence-electron chi connectivity index (χ1n) is 7.05. The first kappa shape index (κ1) is 15.4. The number of ether oxygens (including phenoxy) is 1. The quantitative estimate of drug-likeness (QED) is 0.772. The molecule has 0 bridgehead atoms. The van der Waals surface area contributed by atoms with Crippen LogP contribution in [0.1, 0.15) is 13.2 Å². The van der Waals surface area contributed by atoms with Gasteiger partial charge >= 0.3 is 0 Å². The lowest BCUT2D eigenvalue weighted by Crippen LogP contribution is -2.25. The minimum atomic E-state index is -2.68. The average molecular weight is 327 g/mol. The third kappa shape index (κ3) is 2.52. The van der Waals surface area contributed by atoms with Gasteiger partial charge in [0.05, 0.1) is 12.7 Å². The van der Waals surface area contributed by atoms with Gasteiger partial charge in [-0.15, -0.1) is 0 Å². The second-order valence-electron chi connectivity index (χ2n) is 5.53. The van der Waals surface area contributed by atoms with Crippen LogP contribution in [0.15, 0.2) is 29.5 Å². The van der Waals surface area contributed by atoms with E-state index in [0.29, 0.717) is 5.78 Å². The molecule has 1 saturated heterocycles. The number of fused-ring (bicyclic) bond motifs is 1. The van der Waals surface area contributed by atoms with Gasteiger partial charge in [0.1, 0.15) is 6.23 Å². The maximum absolute atomic E-state index is 11.8. The summed E-state index contributed by atoms with van der Waals surface area (Å²) in [6, 6.07) is 1.40. The van der Waals surface area contributed by atoms with Crippen LogP contribution in [-0.2, 0) is 9.30 Å². The van der Waals surface area contributed by atoms with Crippen molar-refractivity contribution in [3.63, 3.8) is 0 Å². The van der Waals surface area contributed by atoms with Crippen LogP contribution in [0.4, 0.5) is 0 Å². The van der Waals surface area contributed by atoms with E-state index in [0.717, 1.165) is 0 Å². The Morgan fingerprint density at radius 1 is 1.45 bits per heavy atom. The standard InChI is InChI=1S/C13H18N3O5P/c1-8-9(7-22(19)20)12(21-10(8)6-17)16-4-2-11(18)15-5-3-14-13(15)16/h2-5,8-10,12,17,22H,6-7H2,1H3,(H,19,20)/t8-,9+,10+,12+/m0/s1. The van der Waals surface area contributed by atoms with Crippen molar-refractivity contribution < 1.29 is 19.3 Å². The molecular weight excluding hydrogens is 309 g/mol. The highest BCUT2D eigenvalue weighted by molar-refractivity contribution is 7.38. The summed E-state index contributed by atoms with van der Waals surface area (Å²) in [5.74, 6) is 0.0907. The molecule has 0 aliphatic carbocycles. The second-order valence-corrected chi connectivity index (χ2v) is 6.72. The molecule has 2 N–H and O–H groups in total. The van der Waals surface area contributed by atoms with E-state index in [4.69, 9.17) is 4.74 Å². The van der Waals surface area contributed by atoms with Crippen LogP contribution in [-0.4, -0.2) is 42.8 Å². The first-order chi connectivity index (χ1) is 10.5. The number of aliphatic hydroxyl groups excluding tert-OH is 1. The van der Waals surface area contributed by atoms with Crippen LogP contribution in [0.25, 0.3) is 5.78 Å². The summed E-state index contributed by atoms with van der Waals surface area (Å²) in [5.41, 5.74) is -0.208. The number of hydrogen-bond acceptors (Lipinski definition) is 5. The molecule has 0 spiro atoms. The zero-order chi connectivity index (χ0) is 15.9. The number of nitrogens with zero attached hydrogens (tertiary/aromatic N) is 3. The SMILES string of the molecule is C[C@H]1[C@@H](C[PH](=O)O)[C@H](n2ccc(=O)n3ccnc23)O[C@@H]1CO. The summed E-state index contributed by atoms with van der Waals surface area (Å²) in [7, 11) is -2.68. The van der Waals surface area contributed by atoms with E-state index in [9.17, 15) is 19.4 Å². The Bertz CT molecular complexity index is 757. The summed E-state index contributed by atoms with van der Waals surface area (Å²) in [4.78, 5) is 25.3. The van der Waals surface area contributed by atoms with Crippen LogP contribution in [0, 0.1) is 11.8 Å². The summed E-state index contributed by atoms with van der Waals surface area (Å²) in [6.45, 7) is 1.73. The Labute approximate surface area is 126 Å². The van der Waals surface area contributed by atoms with E-state index in [1.807, 2.05) is 6.92 Å². The van der Waals surface area contributed by atoms with Gasteiger partial charge in [-0.2, -0.15) is 0 Å². The molecule has 0 saturated carbocycles. The Morgan fingerprint density at radius 3 is 2.91 bits per heavy atom. The van der Waals surface area contributed by atoms with E-state index in [1.165, 1.54) is 16.7 Å². The van der Waals surface area contributed by atoms with Gasteiger partial charge in [0, 0.05) is 36.7 Å². The lowest BCUT2D eigenvalue weighted by Gasteiger charge is -2.22. The molecule has 0 radical (unpaired) electrons. The molecule has 3 heterocycles. The van der Waals surface area contributed by atoms with Crippen LogP contribution in [0.5, 0.6) is 0 Å². The molecule has 5 atom stereocenters. The second kappa shape index (κ2) is 5.96. The molecule has 0 amide bonds. The highest BCUT2D eigenvalue weighted by atomic mass is 31.1. The fourth-order valence-electron chi connectivity index (χ4n) is 3.06. The number of imidazole rings is 1. The average Bonchev–Trinajstić information content (AvgIpc) is 3.07. The minimum Gasteiger partial charge on any atom is -0.394 e. The molecule has 8 nitrogen and oxygen atoms in total. The Hall–Kier alpha value is -1.47. The van der Waals surface area contributed by atoms with E-state index in [2.05, 4.69) is 4.98 Å². The van der Waals surface area contributed by atoms with Crippen molar-refractivity contribution in [3.8, 4) is 0 Å². The molecular formula is C13H18N3O5P. The lowest BCUT2D eigenvalue weighted by atomic mass is 9.93. The van der Waals surface area contributed by atoms with Gasteiger partial charge in [0.25, 0.3) is 5.56 Å². The summed E-state index contributed by atoms with van der Waals surface area (Å²) < 4.78 is 20.3. The molecule has 1 fully saturated rings. The number of aliphatic hydroxyl groups is 1. The summed E-state index contributed by atoms with van der Waals surface area (Å²) >= 11 is 0. The van der Waals surface area contributed by atoms with Gasteiger partial charge in [0.15, 0.2) is 8.03 Å². The smallest absolute Gasteiger partial charge is 0.258 e. The van der Waals surface area contributed by atoms with Crippen LogP contribution in [0.2, 0.25) is 0 Å². The molecule has 9 heteroatoms. The van der Waals surface area contributed by atoms with Crippen molar-refractivity contribution in [1.82, 2.24) is 14.0 Å². The van der Waals surface area contributed by atoms with Crippen molar-refractivity contribution in [2.24, 2.45) is 11.8 Å². The third-order valence-electron chi connectivity index (χ3n) is 4.27. The number of aromatic nitrogens is 3. The largest absolute Gasteiger partial charge is 0.394 e. The van der Waals surface area contributed by atoms with Crippen molar-refractivity contribution in [2.45, 2.75) is 19.3 Å². The lowest BCUT2D eigenvalue weighted by molar-refractivity contribution is -0.0340. The highest BCUT2D eigenvalue weighted by Gasteiger charge is 2.43. The van der Waals surface area contributed by atoms with Gasteiger partial charge in [-0.3, -0.25) is 18.3 Å². The number of hydrogen-bond donors (Lipinski definition) is 2. The molecule has 1 unspecified atom stereocenters. The van der Waals surface area contributed by atoms with E-state index < -0.39 is 20.4 Å². The van der Waals surface area contributed by atoms with Crippen LogP contribution < -0.4 is 5.56 Å². The maximum atomic E-state index is 11.8. The van der Waals surface area contributed by atoms with Gasteiger partial charge in [-0.1, -0.05) is 6.92 Å². The molecule has 1 aliphatic rings. The number of rotatable bonds is 4.